The zero-order valence-corrected chi connectivity index (χ0v) is 19.0. The Labute approximate surface area is 187 Å². The van der Waals surface area contributed by atoms with E-state index in [0.717, 1.165) is 17.2 Å². The first-order chi connectivity index (χ1) is 14.7. The standard InChI is InChI=1S/C22H24BrF4NO3/c1-4-14-12-16(29-11-9-18(23)24)13-15(5-2)20(14)30-19(6-3)31-21-17(22(25,26)27)8-7-10-28-21/h7-10,12-13,19H,4-6,11H2,1-3H3/b18-9+. The van der Waals surface area contributed by atoms with Gasteiger partial charge in [0.15, 0.2) is 4.74 Å². The Morgan fingerprint density at radius 2 is 1.77 bits per heavy atom. The average molecular weight is 506 g/mol. The van der Waals surface area contributed by atoms with E-state index in [4.69, 9.17) is 14.2 Å². The van der Waals surface area contributed by atoms with Crippen molar-refractivity contribution in [3.63, 3.8) is 0 Å². The number of alkyl halides is 3. The van der Waals surface area contributed by atoms with Crippen LogP contribution in [0.5, 0.6) is 17.4 Å². The summed E-state index contributed by atoms with van der Waals surface area (Å²) < 4.78 is 69.2. The van der Waals surface area contributed by atoms with Crippen molar-refractivity contribution in [2.45, 2.75) is 52.5 Å². The summed E-state index contributed by atoms with van der Waals surface area (Å²) in [5.41, 5.74) is 0.646. The third-order valence-electron chi connectivity index (χ3n) is 4.37. The summed E-state index contributed by atoms with van der Waals surface area (Å²) in [6.45, 7) is 5.64. The van der Waals surface area contributed by atoms with Crippen LogP contribution in [-0.4, -0.2) is 17.9 Å². The number of halogens is 5. The number of hydrogen-bond acceptors (Lipinski definition) is 4. The van der Waals surface area contributed by atoms with Gasteiger partial charge in [-0.15, -0.1) is 0 Å². The molecule has 1 aromatic carbocycles. The molecule has 4 nitrogen and oxygen atoms in total. The fraction of sp³-hybridized carbons (Fsp3) is 0.409. The van der Waals surface area contributed by atoms with E-state index >= 15 is 0 Å². The van der Waals surface area contributed by atoms with Crippen molar-refractivity contribution >= 4 is 15.9 Å². The van der Waals surface area contributed by atoms with Crippen LogP contribution in [0.2, 0.25) is 0 Å². The predicted octanol–water partition coefficient (Wildman–Crippen LogP) is 7.00. The Hall–Kier alpha value is -2.29. The lowest BCUT2D eigenvalue weighted by molar-refractivity contribution is -0.141. The van der Waals surface area contributed by atoms with Crippen LogP contribution in [0.15, 0.2) is 41.3 Å². The van der Waals surface area contributed by atoms with Crippen LogP contribution in [0, 0.1) is 0 Å². The summed E-state index contributed by atoms with van der Waals surface area (Å²) in [6.07, 6.45) is -1.59. The lowest BCUT2D eigenvalue weighted by Gasteiger charge is -2.24. The third kappa shape index (κ3) is 7.12. The Kier molecular flexibility index (Phi) is 9.15. The van der Waals surface area contributed by atoms with Crippen LogP contribution >= 0.6 is 15.9 Å². The first-order valence-corrected chi connectivity index (χ1v) is 10.6. The number of hydrogen-bond donors (Lipinski definition) is 0. The quantitative estimate of drug-likeness (QED) is 0.257. The normalized spacial score (nSPS) is 13.1. The number of ether oxygens (including phenoxy) is 3. The molecule has 2 rings (SSSR count). The highest BCUT2D eigenvalue weighted by atomic mass is 79.9. The highest BCUT2D eigenvalue weighted by molar-refractivity contribution is 9.11. The summed E-state index contributed by atoms with van der Waals surface area (Å²) in [5.74, 6) is 0.557. The van der Waals surface area contributed by atoms with E-state index in [9.17, 15) is 17.6 Å². The molecular formula is C22H24BrF4NO3. The van der Waals surface area contributed by atoms with Gasteiger partial charge in [-0.05, 0) is 70.2 Å². The van der Waals surface area contributed by atoms with Crippen LogP contribution in [0.25, 0.3) is 0 Å². The number of nitrogens with zero attached hydrogens (tertiary/aromatic N) is 1. The molecular weight excluding hydrogens is 482 g/mol. The lowest BCUT2D eigenvalue weighted by atomic mass is 10.0. The van der Waals surface area contributed by atoms with Crippen LogP contribution in [0.4, 0.5) is 17.6 Å². The smallest absolute Gasteiger partial charge is 0.421 e. The molecule has 0 aliphatic carbocycles. The number of rotatable bonds is 10. The van der Waals surface area contributed by atoms with Crippen LogP contribution < -0.4 is 14.2 Å². The molecule has 1 atom stereocenters. The van der Waals surface area contributed by atoms with E-state index in [1.54, 1.807) is 19.1 Å². The molecule has 9 heteroatoms. The summed E-state index contributed by atoms with van der Waals surface area (Å²) in [5, 5.41) is 0. The van der Waals surface area contributed by atoms with Gasteiger partial charge >= 0.3 is 6.18 Å². The number of aryl methyl sites for hydroxylation is 2. The Morgan fingerprint density at radius 3 is 2.29 bits per heavy atom. The van der Waals surface area contributed by atoms with Gasteiger partial charge in [0.25, 0.3) is 0 Å². The summed E-state index contributed by atoms with van der Waals surface area (Å²) >= 11 is 2.70. The van der Waals surface area contributed by atoms with Crippen molar-refractivity contribution in [2.24, 2.45) is 0 Å². The van der Waals surface area contributed by atoms with E-state index < -0.39 is 28.6 Å². The maximum absolute atomic E-state index is 13.3. The summed E-state index contributed by atoms with van der Waals surface area (Å²) in [4.78, 5) is 3.74. The van der Waals surface area contributed by atoms with Crippen LogP contribution in [0.1, 0.15) is 43.9 Å². The second kappa shape index (κ2) is 11.4. The number of benzene rings is 1. The lowest BCUT2D eigenvalue weighted by Crippen LogP contribution is -2.26. The van der Waals surface area contributed by atoms with Crippen molar-refractivity contribution in [2.75, 3.05) is 6.61 Å². The molecule has 0 aliphatic rings. The van der Waals surface area contributed by atoms with Crippen molar-refractivity contribution in [3.8, 4) is 17.4 Å². The maximum atomic E-state index is 13.3. The van der Waals surface area contributed by atoms with Crippen LogP contribution in [-0.2, 0) is 19.0 Å². The van der Waals surface area contributed by atoms with Gasteiger partial charge in [0.05, 0.1) is 0 Å². The van der Waals surface area contributed by atoms with Gasteiger partial charge in [0.2, 0.25) is 12.2 Å². The monoisotopic (exact) mass is 505 g/mol. The molecule has 170 valence electrons. The first-order valence-electron chi connectivity index (χ1n) is 9.84. The first kappa shape index (κ1) is 25.0. The SMILES string of the molecule is CCc1cc(OC/C=C(/F)Br)cc(CC)c1OC(CC)Oc1ncccc1C(F)(F)F. The Morgan fingerprint density at radius 1 is 1.13 bits per heavy atom. The van der Waals surface area contributed by atoms with E-state index in [2.05, 4.69) is 20.9 Å². The van der Waals surface area contributed by atoms with E-state index in [1.807, 2.05) is 13.8 Å². The minimum Gasteiger partial charge on any atom is -0.489 e. The third-order valence-corrected chi connectivity index (χ3v) is 4.69. The second-order valence-electron chi connectivity index (χ2n) is 6.51. The van der Waals surface area contributed by atoms with Gasteiger partial charge in [0, 0.05) is 12.6 Å². The molecule has 0 saturated carbocycles. The largest absolute Gasteiger partial charge is 0.489 e. The molecule has 0 bridgehead atoms. The molecule has 0 radical (unpaired) electrons. The van der Waals surface area contributed by atoms with Gasteiger partial charge in [-0.25, -0.2) is 4.98 Å². The van der Waals surface area contributed by atoms with Crippen molar-refractivity contribution in [3.05, 3.63) is 58.0 Å². The van der Waals surface area contributed by atoms with Gasteiger partial charge in [0.1, 0.15) is 23.7 Å². The minimum atomic E-state index is -4.59. The molecule has 1 heterocycles. The zero-order valence-electron chi connectivity index (χ0n) is 17.4. The second-order valence-corrected chi connectivity index (χ2v) is 7.27. The van der Waals surface area contributed by atoms with Crippen molar-refractivity contribution in [1.29, 1.82) is 0 Å². The van der Waals surface area contributed by atoms with Crippen LogP contribution in [0.3, 0.4) is 0 Å². The zero-order chi connectivity index (χ0) is 23.0. The molecule has 0 N–H and O–H groups in total. The molecule has 31 heavy (non-hydrogen) atoms. The molecule has 0 spiro atoms. The minimum absolute atomic E-state index is 0.0458. The topological polar surface area (TPSA) is 40.6 Å². The molecule has 0 amide bonds. The Bertz CT molecular complexity index is 874. The maximum Gasteiger partial charge on any atom is 0.421 e. The van der Waals surface area contributed by atoms with E-state index in [1.165, 1.54) is 18.3 Å². The van der Waals surface area contributed by atoms with Gasteiger partial charge in [-0.3, -0.25) is 0 Å². The van der Waals surface area contributed by atoms with Gasteiger partial charge in [-0.1, -0.05) is 20.8 Å². The van der Waals surface area contributed by atoms with Gasteiger partial charge in [-0.2, -0.15) is 17.6 Å². The summed E-state index contributed by atoms with van der Waals surface area (Å²) in [7, 11) is 0. The summed E-state index contributed by atoms with van der Waals surface area (Å²) in [6, 6.07) is 5.66. The van der Waals surface area contributed by atoms with E-state index in [0.29, 0.717) is 30.8 Å². The fourth-order valence-corrected chi connectivity index (χ4v) is 2.96. The number of aromatic nitrogens is 1. The van der Waals surface area contributed by atoms with E-state index in [-0.39, 0.29) is 6.61 Å². The highest BCUT2D eigenvalue weighted by Gasteiger charge is 2.36. The highest BCUT2D eigenvalue weighted by Crippen LogP contribution is 2.36. The van der Waals surface area contributed by atoms with Gasteiger partial charge < -0.3 is 14.2 Å². The average Bonchev–Trinajstić information content (AvgIpc) is 2.72. The predicted molar refractivity (Wildman–Crippen MR) is 113 cm³/mol. The molecule has 0 fully saturated rings. The van der Waals surface area contributed by atoms with Crippen molar-refractivity contribution in [1.82, 2.24) is 4.98 Å². The Balaban J connectivity index is 2.30. The number of pyridine rings is 1. The molecule has 1 unspecified atom stereocenters. The fourth-order valence-electron chi connectivity index (χ4n) is 2.83. The molecule has 0 saturated heterocycles. The molecule has 0 aliphatic heterocycles. The molecule has 1 aromatic heterocycles. The van der Waals surface area contributed by atoms with Crippen molar-refractivity contribution < 1.29 is 31.8 Å². The molecule has 2 aromatic rings.